The summed E-state index contributed by atoms with van der Waals surface area (Å²) >= 11 is 2.05. The molecule has 0 aliphatic carbocycles. The van der Waals surface area contributed by atoms with Crippen molar-refractivity contribution in [2.45, 2.75) is 12.8 Å². The van der Waals surface area contributed by atoms with Gasteiger partial charge in [0.25, 0.3) is 11.1 Å². The fraction of sp³-hybridized carbons (Fsp3) is 0.286. The Morgan fingerprint density at radius 1 is 0.960 bits per heavy atom. The lowest BCUT2D eigenvalue weighted by Gasteiger charge is -2.00. The maximum Gasteiger partial charge on any atom is 0.329 e. The number of H-pyrrole nitrogens is 2. The van der Waals surface area contributed by atoms with Crippen LogP contribution in [0, 0.1) is 0 Å². The molecule has 0 unspecified atom stereocenters. The lowest BCUT2D eigenvalue weighted by molar-refractivity contribution is 0.796. The van der Waals surface area contributed by atoms with Gasteiger partial charge in [0.15, 0.2) is 0 Å². The normalized spacial score (nSPS) is 13.8. The molecule has 0 fully saturated rings. The molecule has 0 atom stereocenters. The molecule has 130 valence electrons. The zero-order chi connectivity index (χ0) is 18.3. The van der Waals surface area contributed by atoms with Crippen molar-refractivity contribution in [2.75, 3.05) is 0 Å². The van der Waals surface area contributed by atoms with E-state index in [1.807, 2.05) is 0 Å². The SMILES string of the molecule is Cn1c2c(c(=O)[nH]c1=O)CC(I)=N2.Cn1c2c(c(=O)[nH]c1=O)CC=N2. The summed E-state index contributed by atoms with van der Waals surface area (Å²) in [5, 5.41) is 0. The number of hydrogen-bond donors (Lipinski definition) is 2. The third kappa shape index (κ3) is 3.06. The average Bonchev–Trinajstić information content (AvgIpc) is 3.18. The lowest BCUT2D eigenvalue weighted by Crippen LogP contribution is -2.29. The molecule has 0 bridgehead atoms. The number of nitrogens with one attached hydrogen (secondary N) is 2. The molecular formula is C14H13IN6O4. The summed E-state index contributed by atoms with van der Waals surface area (Å²) in [6.07, 6.45) is 2.66. The average molecular weight is 456 g/mol. The number of aromatic amines is 2. The molecule has 11 heteroatoms. The van der Waals surface area contributed by atoms with Crippen molar-refractivity contribution in [1.82, 2.24) is 19.1 Å². The zero-order valence-corrected chi connectivity index (χ0v) is 15.4. The fourth-order valence-corrected chi connectivity index (χ4v) is 3.10. The van der Waals surface area contributed by atoms with Crippen molar-refractivity contribution >= 4 is 44.2 Å². The Morgan fingerprint density at radius 2 is 1.52 bits per heavy atom. The van der Waals surface area contributed by atoms with Crippen LogP contribution in [0.1, 0.15) is 11.1 Å². The van der Waals surface area contributed by atoms with Gasteiger partial charge in [-0.1, -0.05) is 0 Å². The predicted octanol–water partition coefficient (Wildman–Crippen LogP) is -0.573. The van der Waals surface area contributed by atoms with Gasteiger partial charge < -0.3 is 0 Å². The summed E-state index contributed by atoms with van der Waals surface area (Å²) in [6, 6.07) is 0. The van der Waals surface area contributed by atoms with Crippen molar-refractivity contribution in [1.29, 1.82) is 0 Å². The summed E-state index contributed by atoms with van der Waals surface area (Å²) in [7, 11) is 3.18. The van der Waals surface area contributed by atoms with Crippen molar-refractivity contribution in [3.05, 3.63) is 52.8 Å². The molecule has 2 N–H and O–H groups in total. The Bertz CT molecular complexity index is 1160. The summed E-state index contributed by atoms with van der Waals surface area (Å²) < 4.78 is 3.52. The van der Waals surface area contributed by atoms with E-state index in [2.05, 4.69) is 42.5 Å². The van der Waals surface area contributed by atoms with Gasteiger partial charge in [0.05, 0.1) is 14.8 Å². The molecule has 2 aliphatic rings. The van der Waals surface area contributed by atoms with Crippen molar-refractivity contribution in [2.24, 2.45) is 24.1 Å². The zero-order valence-electron chi connectivity index (χ0n) is 13.3. The number of hydrogen-bond acceptors (Lipinski definition) is 6. The Balaban J connectivity index is 0.000000146. The van der Waals surface area contributed by atoms with E-state index in [-0.39, 0.29) is 11.1 Å². The molecule has 0 saturated carbocycles. The minimum Gasteiger partial charge on any atom is -0.281 e. The Kier molecular flexibility index (Phi) is 4.41. The lowest BCUT2D eigenvalue weighted by atomic mass is 10.2. The van der Waals surface area contributed by atoms with Gasteiger partial charge in [-0.25, -0.2) is 19.6 Å². The van der Waals surface area contributed by atoms with E-state index >= 15 is 0 Å². The number of aliphatic imine (C=N–C) groups is 2. The Labute approximate surface area is 153 Å². The van der Waals surface area contributed by atoms with Crippen LogP contribution in [0.4, 0.5) is 11.6 Å². The first-order chi connectivity index (χ1) is 11.8. The highest BCUT2D eigenvalue weighted by molar-refractivity contribution is 14.1. The van der Waals surface area contributed by atoms with Crippen molar-refractivity contribution < 1.29 is 0 Å². The van der Waals surface area contributed by atoms with Crippen LogP contribution >= 0.6 is 22.6 Å². The van der Waals surface area contributed by atoms with E-state index in [0.29, 0.717) is 35.6 Å². The maximum atomic E-state index is 11.3. The molecule has 0 spiro atoms. The Morgan fingerprint density at radius 3 is 2.16 bits per heavy atom. The molecule has 0 amide bonds. The van der Waals surface area contributed by atoms with Gasteiger partial charge in [0, 0.05) is 33.2 Å². The molecule has 10 nitrogen and oxygen atoms in total. The summed E-state index contributed by atoms with van der Waals surface area (Å²) in [5.41, 5.74) is -0.348. The molecule has 4 rings (SSSR count). The second-order valence-electron chi connectivity index (χ2n) is 5.42. The maximum absolute atomic E-state index is 11.3. The van der Waals surface area contributed by atoms with E-state index in [9.17, 15) is 19.2 Å². The fourth-order valence-electron chi connectivity index (χ4n) is 2.49. The van der Waals surface area contributed by atoms with E-state index in [1.54, 1.807) is 20.3 Å². The van der Waals surface area contributed by atoms with E-state index in [0.717, 1.165) is 3.72 Å². The minimum atomic E-state index is -0.419. The molecular weight excluding hydrogens is 443 g/mol. The van der Waals surface area contributed by atoms with Gasteiger partial charge in [-0.3, -0.25) is 28.7 Å². The molecule has 25 heavy (non-hydrogen) atoms. The van der Waals surface area contributed by atoms with E-state index in [1.165, 1.54) is 9.13 Å². The van der Waals surface area contributed by atoms with Gasteiger partial charge in [-0.2, -0.15) is 0 Å². The topological polar surface area (TPSA) is 134 Å². The van der Waals surface area contributed by atoms with Gasteiger partial charge in [0.2, 0.25) is 0 Å². The van der Waals surface area contributed by atoms with Crippen molar-refractivity contribution in [3.8, 4) is 0 Å². The first kappa shape index (κ1) is 17.3. The molecule has 2 aromatic heterocycles. The highest BCUT2D eigenvalue weighted by atomic mass is 127. The summed E-state index contributed by atoms with van der Waals surface area (Å²) in [6.45, 7) is 0. The second kappa shape index (κ2) is 6.38. The largest absolute Gasteiger partial charge is 0.329 e. The van der Waals surface area contributed by atoms with Gasteiger partial charge in [0.1, 0.15) is 11.6 Å². The molecule has 0 aromatic carbocycles. The third-order valence-electron chi connectivity index (χ3n) is 3.83. The van der Waals surface area contributed by atoms with Crippen LogP contribution in [0.5, 0.6) is 0 Å². The van der Waals surface area contributed by atoms with E-state index < -0.39 is 11.4 Å². The number of halogens is 1. The smallest absolute Gasteiger partial charge is 0.281 e. The Hall–Kier alpha value is -2.57. The number of fused-ring (bicyclic) bond motifs is 2. The molecule has 2 aliphatic heterocycles. The van der Waals surface area contributed by atoms with Gasteiger partial charge in [-0.15, -0.1) is 0 Å². The third-order valence-corrected chi connectivity index (χ3v) is 4.46. The summed E-state index contributed by atoms with van der Waals surface area (Å²) in [5.74, 6) is 0.960. The van der Waals surface area contributed by atoms with Gasteiger partial charge in [-0.05, 0) is 22.6 Å². The van der Waals surface area contributed by atoms with Gasteiger partial charge >= 0.3 is 11.4 Å². The predicted molar refractivity (Wildman–Crippen MR) is 101 cm³/mol. The molecule has 4 heterocycles. The second-order valence-corrected chi connectivity index (χ2v) is 6.67. The van der Waals surface area contributed by atoms with E-state index in [4.69, 9.17) is 0 Å². The first-order valence-electron chi connectivity index (χ1n) is 7.19. The molecule has 0 radical (unpaired) electrons. The highest BCUT2D eigenvalue weighted by Crippen LogP contribution is 2.23. The summed E-state index contributed by atoms with van der Waals surface area (Å²) in [4.78, 5) is 57.1. The molecule has 2 aromatic rings. The number of aromatic nitrogens is 4. The van der Waals surface area contributed by atoms with Crippen LogP contribution in [-0.4, -0.2) is 29.0 Å². The minimum absolute atomic E-state index is 0.325. The first-order valence-corrected chi connectivity index (χ1v) is 8.27. The van der Waals surface area contributed by atoms with Crippen LogP contribution in [-0.2, 0) is 26.9 Å². The monoisotopic (exact) mass is 456 g/mol. The number of rotatable bonds is 0. The van der Waals surface area contributed by atoms with Crippen LogP contribution < -0.4 is 22.5 Å². The van der Waals surface area contributed by atoms with Crippen LogP contribution in [0.15, 0.2) is 29.2 Å². The quantitative estimate of drug-likeness (QED) is 0.514. The van der Waals surface area contributed by atoms with Crippen LogP contribution in [0.25, 0.3) is 0 Å². The number of nitrogens with zero attached hydrogens (tertiary/aromatic N) is 4. The molecule has 0 saturated heterocycles. The van der Waals surface area contributed by atoms with Crippen molar-refractivity contribution in [3.63, 3.8) is 0 Å². The standard InChI is InChI=1S/C7H6IN3O2.C7H7N3O2/c1-11-5-3(2-4(8)9-5)6(12)10-7(11)13;1-10-5-4(2-3-8-5)6(11)9-7(10)12/h2H2,1H3,(H,10,12,13);3H,2H2,1H3,(H,9,11,12). The highest BCUT2D eigenvalue weighted by Gasteiger charge is 2.19. The van der Waals surface area contributed by atoms with Crippen LogP contribution in [0.2, 0.25) is 0 Å². The van der Waals surface area contributed by atoms with Crippen LogP contribution in [0.3, 0.4) is 0 Å².